The predicted octanol–water partition coefficient (Wildman–Crippen LogP) is 1.46. The van der Waals surface area contributed by atoms with Crippen LogP contribution in [0.2, 0.25) is 0 Å². The second-order valence-electron chi connectivity index (χ2n) is 6.14. The Labute approximate surface area is 146 Å². The fourth-order valence-corrected chi connectivity index (χ4v) is 2.82. The number of nitrogens with one attached hydrogen (secondary N) is 2. The summed E-state index contributed by atoms with van der Waals surface area (Å²) in [5, 5.41) is 0. The molecule has 7 heteroatoms. The lowest BCUT2D eigenvalue weighted by atomic mass is 9.98. The molecule has 3 rings (SSSR count). The minimum Gasteiger partial charge on any atom is -0.340 e. The Kier molecular flexibility index (Phi) is 5.23. The van der Waals surface area contributed by atoms with Crippen LogP contribution >= 0.6 is 0 Å². The number of hydrogen-bond acceptors (Lipinski definition) is 5. The van der Waals surface area contributed by atoms with Crippen molar-refractivity contribution < 1.29 is 9.59 Å². The van der Waals surface area contributed by atoms with Gasteiger partial charge in [0, 0.05) is 31.0 Å². The van der Waals surface area contributed by atoms with Crippen LogP contribution in [0.5, 0.6) is 0 Å². The molecule has 1 aromatic carbocycles. The summed E-state index contributed by atoms with van der Waals surface area (Å²) in [6.45, 7) is 3.31. The molecule has 0 radical (unpaired) electrons. The van der Waals surface area contributed by atoms with Crippen molar-refractivity contribution >= 4 is 17.8 Å². The van der Waals surface area contributed by atoms with Gasteiger partial charge in [0.05, 0.1) is 5.92 Å². The van der Waals surface area contributed by atoms with Gasteiger partial charge in [-0.15, -0.1) is 0 Å². The highest BCUT2D eigenvalue weighted by molar-refractivity contribution is 5.95. The number of carbonyl (C=O) groups is 2. The number of hydrazine groups is 1. The first-order valence-corrected chi connectivity index (χ1v) is 8.32. The van der Waals surface area contributed by atoms with Crippen LogP contribution < -0.4 is 15.8 Å². The van der Waals surface area contributed by atoms with Gasteiger partial charge in [0.2, 0.25) is 11.9 Å². The predicted molar refractivity (Wildman–Crippen MR) is 93.8 cm³/mol. The molecule has 1 aliphatic rings. The molecule has 0 aliphatic carbocycles. The van der Waals surface area contributed by atoms with E-state index in [4.69, 9.17) is 0 Å². The molecule has 25 heavy (non-hydrogen) atoms. The van der Waals surface area contributed by atoms with Crippen LogP contribution in [0.25, 0.3) is 0 Å². The van der Waals surface area contributed by atoms with Crippen LogP contribution in [0.3, 0.4) is 0 Å². The van der Waals surface area contributed by atoms with Gasteiger partial charge in [-0.2, -0.15) is 0 Å². The van der Waals surface area contributed by atoms with E-state index in [1.165, 1.54) is 0 Å². The first-order chi connectivity index (χ1) is 12.1. The maximum Gasteiger partial charge on any atom is 0.269 e. The second kappa shape index (κ2) is 7.74. The van der Waals surface area contributed by atoms with Crippen molar-refractivity contribution in [3.05, 3.63) is 53.9 Å². The third-order valence-corrected chi connectivity index (χ3v) is 4.24. The van der Waals surface area contributed by atoms with E-state index in [1.54, 1.807) is 30.6 Å². The molecule has 2 aromatic rings. The third kappa shape index (κ3) is 4.32. The smallest absolute Gasteiger partial charge is 0.269 e. The minimum atomic E-state index is -0.326. The topological polar surface area (TPSA) is 87.2 Å². The van der Waals surface area contributed by atoms with Gasteiger partial charge in [-0.3, -0.25) is 20.4 Å². The fourth-order valence-electron chi connectivity index (χ4n) is 2.82. The van der Waals surface area contributed by atoms with Crippen LogP contribution in [-0.2, 0) is 4.79 Å². The summed E-state index contributed by atoms with van der Waals surface area (Å²) in [5.41, 5.74) is 6.60. The molecule has 130 valence electrons. The molecule has 0 bridgehead atoms. The van der Waals surface area contributed by atoms with Crippen molar-refractivity contribution in [1.82, 2.24) is 20.8 Å². The van der Waals surface area contributed by atoms with E-state index in [2.05, 4.69) is 20.8 Å². The number of piperidine rings is 1. The number of anilines is 1. The summed E-state index contributed by atoms with van der Waals surface area (Å²) in [7, 11) is 0. The van der Waals surface area contributed by atoms with Crippen LogP contribution in [0.15, 0.2) is 42.7 Å². The zero-order valence-corrected chi connectivity index (χ0v) is 14.1. The van der Waals surface area contributed by atoms with Crippen molar-refractivity contribution in [2.45, 2.75) is 19.8 Å². The van der Waals surface area contributed by atoms with Crippen LogP contribution in [0.4, 0.5) is 5.95 Å². The van der Waals surface area contributed by atoms with E-state index in [1.807, 2.05) is 24.0 Å². The monoisotopic (exact) mass is 339 g/mol. The van der Waals surface area contributed by atoms with Crippen LogP contribution in [0, 0.1) is 12.8 Å². The number of nitrogens with zero attached hydrogens (tertiary/aromatic N) is 3. The van der Waals surface area contributed by atoms with E-state index < -0.39 is 0 Å². The first kappa shape index (κ1) is 16.9. The average Bonchev–Trinajstić information content (AvgIpc) is 2.67. The van der Waals surface area contributed by atoms with Gasteiger partial charge in [-0.05, 0) is 38.0 Å². The summed E-state index contributed by atoms with van der Waals surface area (Å²) >= 11 is 0. The van der Waals surface area contributed by atoms with Gasteiger partial charge in [0.15, 0.2) is 0 Å². The molecule has 0 unspecified atom stereocenters. The molecule has 1 atom stereocenters. The van der Waals surface area contributed by atoms with Crippen molar-refractivity contribution in [3.63, 3.8) is 0 Å². The van der Waals surface area contributed by atoms with E-state index in [-0.39, 0.29) is 17.7 Å². The minimum absolute atomic E-state index is 0.193. The summed E-state index contributed by atoms with van der Waals surface area (Å²) in [6.07, 6.45) is 5.03. The van der Waals surface area contributed by atoms with Crippen LogP contribution in [0.1, 0.15) is 28.8 Å². The molecule has 1 aliphatic heterocycles. The summed E-state index contributed by atoms with van der Waals surface area (Å²) in [5.74, 6) is -0.104. The highest BCUT2D eigenvalue weighted by Crippen LogP contribution is 2.19. The number of carbonyl (C=O) groups excluding carboxylic acids is 2. The van der Waals surface area contributed by atoms with Gasteiger partial charge in [-0.1, -0.05) is 17.7 Å². The lowest BCUT2D eigenvalue weighted by Crippen LogP contribution is -2.49. The molecule has 0 saturated carbocycles. The van der Waals surface area contributed by atoms with Crippen molar-refractivity contribution in [2.24, 2.45) is 5.92 Å². The summed E-state index contributed by atoms with van der Waals surface area (Å²) in [6, 6.07) is 8.93. The highest BCUT2D eigenvalue weighted by Gasteiger charge is 2.27. The summed E-state index contributed by atoms with van der Waals surface area (Å²) < 4.78 is 0. The fraction of sp³-hybridized carbons (Fsp3) is 0.333. The van der Waals surface area contributed by atoms with E-state index >= 15 is 0 Å². The Balaban J connectivity index is 1.54. The van der Waals surface area contributed by atoms with Gasteiger partial charge >= 0.3 is 0 Å². The second-order valence-corrected chi connectivity index (χ2v) is 6.14. The normalized spacial score (nSPS) is 17.0. The molecule has 2 amide bonds. The summed E-state index contributed by atoms with van der Waals surface area (Å²) in [4.78, 5) is 34.9. The van der Waals surface area contributed by atoms with E-state index in [0.717, 1.165) is 24.9 Å². The molecular weight excluding hydrogens is 318 g/mol. The number of benzene rings is 1. The number of hydrogen-bond donors (Lipinski definition) is 2. The Morgan fingerprint density at radius 2 is 1.84 bits per heavy atom. The molecule has 2 heterocycles. The molecular formula is C18H21N5O2. The van der Waals surface area contributed by atoms with E-state index in [0.29, 0.717) is 18.1 Å². The van der Waals surface area contributed by atoms with Gasteiger partial charge in [-0.25, -0.2) is 9.97 Å². The first-order valence-electron chi connectivity index (χ1n) is 8.32. The number of aryl methyl sites for hydroxylation is 1. The molecule has 7 nitrogen and oxygen atoms in total. The number of rotatable bonds is 3. The zero-order chi connectivity index (χ0) is 17.6. The Morgan fingerprint density at radius 3 is 2.56 bits per heavy atom. The third-order valence-electron chi connectivity index (χ3n) is 4.24. The molecule has 2 N–H and O–H groups in total. The maximum absolute atomic E-state index is 12.4. The standard InChI is InChI=1S/C18H21N5O2/c1-13-5-7-14(8-6-13)16(24)21-22-17(25)15-4-2-11-23(12-15)18-19-9-3-10-20-18/h3,5-10,15H,2,4,11-12H2,1H3,(H,21,24)(H,22,25)/t15-/m1/s1. The largest absolute Gasteiger partial charge is 0.340 e. The molecule has 0 spiro atoms. The Morgan fingerprint density at radius 1 is 1.12 bits per heavy atom. The lowest BCUT2D eigenvalue weighted by Gasteiger charge is -2.31. The molecule has 1 aromatic heterocycles. The zero-order valence-electron chi connectivity index (χ0n) is 14.1. The number of amides is 2. The van der Waals surface area contributed by atoms with E-state index in [9.17, 15) is 9.59 Å². The maximum atomic E-state index is 12.4. The van der Waals surface area contributed by atoms with Crippen LogP contribution in [-0.4, -0.2) is 34.9 Å². The van der Waals surface area contributed by atoms with Crippen molar-refractivity contribution in [1.29, 1.82) is 0 Å². The quantitative estimate of drug-likeness (QED) is 0.827. The Bertz CT molecular complexity index is 733. The van der Waals surface area contributed by atoms with Crippen molar-refractivity contribution in [2.75, 3.05) is 18.0 Å². The molecule has 1 saturated heterocycles. The number of aromatic nitrogens is 2. The lowest BCUT2D eigenvalue weighted by molar-refractivity contribution is -0.126. The van der Waals surface area contributed by atoms with Gasteiger partial charge in [0.1, 0.15) is 0 Å². The van der Waals surface area contributed by atoms with Gasteiger partial charge in [0.25, 0.3) is 5.91 Å². The average molecular weight is 339 g/mol. The SMILES string of the molecule is Cc1ccc(C(=O)NNC(=O)[C@@H]2CCCN(c3ncccn3)C2)cc1. The van der Waals surface area contributed by atoms with Crippen molar-refractivity contribution in [3.8, 4) is 0 Å². The van der Waals surface area contributed by atoms with Gasteiger partial charge < -0.3 is 4.90 Å². The molecule has 1 fully saturated rings. The highest BCUT2D eigenvalue weighted by atomic mass is 16.2. The Hall–Kier alpha value is -2.96.